The molecule has 2 aromatic heterocycles. The van der Waals surface area contributed by atoms with Crippen molar-refractivity contribution in [1.29, 1.82) is 0 Å². The van der Waals surface area contributed by atoms with Crippen LogP contribution in [-0.4, -0.2) is 31.3 Å². The first-order valence-corrected chi connectivity index (χ1v) is 12.7. The summed E-state index contributed by atoms with van der Waals surface area (Å²) in [5, 5.41) is 21.0. The Hall–Kier alpha value is -4.06. The first-order chi connectivity index (χ1) is 17.6. The van der Waals surface area contributed by atoms with E-state index < -0.39 is 11.9 Å². The van der Waals surface area contributed by atoms with Gasteiger partial charge in [-0.1, -0.05) is 12.1 Å². The number of rotatable bonds is 6. The van der Waals surface area contributed by atoms with Gasteiger partial charge in [0.2, 0.25) is 0 Å². The van der Waals surface area contributed by atoms with Crippen LogP contribution in [0.25, 0.3) is 44.7 Å². The maximum absolute atomic E-state index is 11.5. The number of nitrogens with zero attached hydrogens (tertiary/aromatic N) is 2. The second-order valence-corrected chi connectivity index (χ2v) is 10.4. The van der Waals surface area contributed by atoms with E-state index in [1.165, 1.54) is 17.7 Å². The van der Waals surface area contributed by atoms with E-state index in [1.807, 2.05) is 12.1 Å². The molecule has 0 bridgehead atoms. The zero-order valence-corrected chi connectivity index (χ0v) is 21.9. The van der Waals surface area contributed by atoms with E-state index in [2.05, 4.69) is 68.1 Å². The Morgan fingerprint density at radius 2 is 1.70 bits per heavy atom. The van der Waals surface area contributed by atoms with Crippen LogP contribution in [0.2, 0.25) is 0 Å². The molecule has 0 radical (unpaired) electrons. The van der Waals surface area contributed by atoms with Gasteiger partial charge in [0.15, 0.2) is 0 Å². The molecule has 0 atom stereocenters. The van der Waals surface area contributed by atoms with Gasteiger partial charge in [0.25, 0.3) is 0 Å². The lowest BCUT2D eigenvalue weighted by atomic mass is 9.86. The largest absolute Gasteiger partial charge is 0.478 e. The summed E-state index contributed by atoms with van der Waals surface area (Å²) in [5.41, 5.74) is 9.35. The molecule has 37 heavy (non-hydrogen) atoms. The van der Waals surface area contributed by atoms with E-state index in [1.54, 1.807) is 6.08 Å². The fourth-order valence-corrected chi connectivity index (χ4v) is 5.98. The molecule has 0 spiro atoms. The molecule has 4 aromatic rings. The Morgan fingerprint density at radius 1 is 0.946 bits per heavy atom. The molecule has 1 aliphatic rings. The molecule has 0 aliphatic heterocycles. The molecule has 0 saturated heterocycles. The monoisotopic (exact) mass is 496 g/mol. The van der Waals surface area contributed by atoms with Crippen molar-refractivity contribution in [2.24, 2.45) is 0 Å². The molecule has 6 heteroatoms. The van der Waals surface area contributed by atoms with Crippen molar-refractivity contribution in [2.45, 2.75) is 59.5 Å². The van der Waals surface area contributed by atoms with Crippen LogP contribution in [0.15, 0.2) is 48.7 Å². The minimum Gasteiger partial charge on any atom is -0.478 e. The summed E-state index contributed by atoms with van der Waals surface area (Å²) in [5.74, 6) is -1.91. The third-order valence-electron chi connectivity index (χ3n) is 7.32. The number of carbonyl (C=O) groups is 2. The van der Waals surface area contributed by atoms with Crippen LogP contribution in [0.4, 0.5) is 0 Å². The van der Waals surface area contributed by atoms with Crippen LogP contribution < -0.4 is 0 Å². The molecule has 5 rings (SSSR count). The van der Waals surface area contributed by atoms with E-state index in [-0.39, 0.29) is 12.1 Å². The molecule has 2 N–H and O–H groups in total. The van der Waals surface area contributed by atoms with Gasteiger partial charge in [-0.05, 0) is 99.6 Å². The zero-order valence-electron chi connectivity index (χ0n) is 21.9. The predicted molar refractivity (Wildman–Crippen MR) is 149 cm³/mol. The molecule has 0 saturated carbocycles. The molecule has 6 nitrogen and oxygen atoms in total. The van der Waals surface area contributed by atoms with Crippen LogP contribution in [0, 0.1) is 6.92 Å². The lowest BCUT2D eigenvalue weighted by molar-refractivity contribution is -0.132. The first-order valence-electron chi connectivity index (χ1n) is 12.7. The van der Waals surface area contributed by atoms with Gasteiger partial charge >= 0.3 is 11.9 Å². The molecular formula is C31H32N2O4. The van der Waals surface area contributed by atoms with Gasteiger partial charge in [-0.15, -0.1) is 0 Å². The Kier molecular flexibility index (Phi) is 6.06. The third kappa shape index (κ3) is 4.06. The summed E-state index contributed by atoms with van der Waals surface area (Å²) in [6.45, 7) is 10.7. The van der Waals surface area contributed by atoms with Gasteiger partial charge in [0.05, 0.1) is 5.69 Å². The second-order valence-electron chi connectivity index (χ2n) is 10.4. The molecule has 190 valence electrons. The minimum absolute atomic E-state index is 0.166. The number of carboxylic acids is 2. The van der Waals surface area contributed by atoms with Crippen LogP contribution in [-0.2, 0) is 16.0 Å². The minimum atomic E-state index is -0.978. The van der Waals surface area contributed by atoms with Gasteiger partial charge in [-0.3, -0.25) is 0 Å². The molecule has 1 aliphatic carbocycles. The molecule has 0 amide bonds. The summed E-state index contributed by atoms with van der Waals surface area (Å²) in [6.07, 6.45) is 7.77. The predicted octanol–water partition coefficient (Wildman–Crippen LogP) is 7.25. The van der Waals surface area contributed by atoms with E-state index in [0.29, 0.717) is 6.42 Å². The molecular weight excluding hydrogens is 464 g/mol. The quantitative estimate of drug-likeness (QED) is 0.276. The van der Waals surface area contributed by atoms with E-state index in [4.69, 9.17) is 0 Å². The van der Waals surface area contributed by atoms with Crippen molar-refractivity contribution in [3.8, 4) is 11.3 Å². The fraction of sp³-hybridized carbons (Fsp3) is 0.290. The number of allylic oxidation sites excluding steroid dienone is 1. The van der Waals surface area contributed by atoms with Gasteiger partial charge in [0, 0.05) is 57.8 Å². The van der Waals surface area contributed by atoms with Crippen molar-refractivity contribution >= 4 is 45.4 Å². The Balaban J connectivity index is 1.90. The number of hydrogen-bond acceptors (Lipinski definition) is 2. The van der Waals surface area contributed by atoms with Crippen molar-refractivity contribution in [3.63, 3.8) is 0 Å². The van der Waals surface area contributed by atoms with Crippen LogP contribution in [0.3, 0.4) is 0 Å². The first kappa shape index (κ1) is 24.6. The van der Waals surface area contributed by atoms with E-state index >= 15 is 0 Å². The summed E-state index contributed by atoms with van der Waals surface area (Å²) >= 11 is 0. The SMILES string of the molecule is Cc1cn(C(C)C)c2cc(-c3c4c5c(cccc5n3C(C)C)/C(=C/C(=O)O)CC4)cc(/C=C/C(=O)O)c12. The Bertz CT molecular complexity index is 1640. The van der Waals surface area contributed by atoms with Crippen LogP contribution >= 0.6 is 0 Å². The van der Waals surface area contributed by atoms with Crippen molar-refractivity contribution in [1.82, 2.24) is 9.13 Å². The smallest absolute Gasteiger partial charge is 0.328 e. The fourth-order valence-electron chi connectivity index (χ4n) is 5.98. The topological polar surface area (TPSA) is 84.5 Å². The Labute approximate surface area is 216 Å². The zero-order chi connectivity index (χ0) is 26.6. The van der Waals surface area contributed by atoms with Crippen molar-refractivity contribution in [3.05, 3.63) is 70.9 Å². The summed E-state index contributed by atoms with van der Waals surface area (Å²) in [4.78, 5) is 23.0. The molecule has 2 aromatic carbocycles. The normalized spacial score (nSPS) is 14.7. The highest BCUT2D eigenvalue weighted by Gasteiger charge is 2.27. The van der Waals surface area contributed by atoms with Gasteiger partial charge < -0.3 is 19.3 Å². The summed E-state index contributed by atoms with van der Waals surface area (Å²) < 4.78 is 4.60. The highest BCUT2D eigenvalue weighted by molar-refractivity contribution is 6.06. The lowest BCUT2D eigenvalue weighted by Gasteiger charge is -2.19. The maximum atomic E-state index is 11.5. The Morgan fingerprint density at radius 3 is 2.35 bits per heavy atom. The average Bonchev–Trinajstić information content (AvgIpc) is 3.35. The number of hydrogen-bond donors (Lipinski definition) is 2. The van der Waals surface area contributed by atoms with Crippen LogP contribution in [0.5, 0.6) is 0 Å². The van der Waals surface area contributed by atoms with E-state index in [0.717, 1.165) is 61.7 Å². The lowest BCUT2D eigenvalue weighted by Crippen LogP contribution is -2.05. The third-order valence-corrected chi connectivity index (χ3v) is 7.32. The summed E-state index contributed by atoms with van der Waals surface area (Å²) in [6, 6.07) is 10.9. The van der Waals surface area contributed by atoms with E-state index in [9.17, 15) is 19.8 Å². The number of aromatic nitrogens is 2. The molecule has 0 fully saturated rings. The highest BCUT2D eigenvalue weighted by atomic mass is 16.4. The number of carboxylic acid groups (broad SMARTS) is 2. The van der Waals surface area contributed by atoms with Crippen molar-refractivity contribution < 1.29 is 19.8 Å². The van der Waals surface area contributed by atoms with Gasteiger partial charge in [0.1, 0.15) is 0 Å². The standard InChI is InChI=1S/C31H32N2O4/c1-17(2)32-16-19(5)29-21(10-12-27(34)35)13-22(14-26(29)32)31-24-11-9-20(15-28(36)37)23-7-6-8-25(30(23)24)33(31)18(3)4/h6-8,10,12-18H,9,11H2,1-5H3,(H,34,35)(H,36,37)/b12-10+,20-15+. The molecule has 0 unspecified atom stereocenters. The number of aliphatic carboxylic acids is 2. The second kappa shape index (κ2) is 9.11. The molecule has 2 heterocycles. The maximum Gasteiger partial charge on any atom is 0.328 e. The number of fused-ring (bicyclic) bond motifs is 1. The van der Waals surface area contributed by atoms with Gasteiger partial charge in [-0.25, -0.2) is 9.59 Å². The summed E-state index contributed by atoms with van der Waals surface area (Å²) in [7, 11) is 0. The number of aryl methyl sites for hydroxylation is 2. The van der Waals surface area contributed by atoms with Crippen LogP contribution in [0.1, 0.15) is 68.5 Å². The average molecular weight is 497 g/mol. The highest BCUT2D eigenvalue weighted by Crippen LogP contribution is 2.45. The number of benzene rings is 2. The van der Waals surface area contributed by atoms with Gasteiger partial charge in [-0.2, -0.15) is 0 Å². The van der Waals surface area contributed by atoms with Crippen molar-refractivity contribution in [2.75, 3.05) is 0 Å².